The van der Waals surface area contributed by atoms with Gasteiger partial charge in [0.15, 0.2) is 0 Å². The standard InChI is InChI=1S/C15H20ClFN2O/c1-2-4-10-5-3-6-12(16)14(10)19-15(20)11-7-8-18-13(17)9-11/h7-10,12,14H,2-6H2,1H3,(H,19,20). The fourth-order valence-electron chi connectivity index (χ4n) is 2.91. The van der Waals surface area contributed by atoms with Crippen LogP contribution >= 0.6 is 11.6 Å². The number of aromatic nitrogens is 1. The van der Waals surface area contributed by atoms with Crippen LogP contribution in [0.2, 0.25) is 0 Å². The normalized spacial score (nSPS) is 26.2. The predicted molar refractivity (Wildman–Crippen MR) is 77.3 cm³/mol. The summed E-state index contributed by atoms with van der Waals surface area (Å²) in [7, 11) is 0. The van der Waals surface area contributed by atoms with Gasteiger partial charge in [-0.05, 0) is 31.2 Å². The molecule has 1 aromatic heterocycles. The molecule has 110 valence electrons. The van der Waals surface area contributed by atoms with Crippen molar-refractivity contribution >= 4 is 17.5 Å². The molecule has 0 aliphatic heterocycles. The van der Waals surface area contributed by atoms with E-state index < -0.39 is 5.95 Å². The smallest absolute Gasteiger partial charge is 0.251 e. The molecule has 1 N–H and O–H groups in total. The molecule has 3 unspecified atom stereocenters. The van der Waals surface area contributed by atoms with Crippen molar-refractivity contribution in [2.24, 2.45) is 5.92 Å². The van der Waals surface area contributed by atoms with E-state index in [1.165, 1.54) is 12.3 Å². The Bertz CT molecular complexity index is 467. The van der Waals surface area contributed by atoms with Gasteiger partial charge in [-0.15, -0.1) is 11.6 Å². The van der Waals surface area contributed by atoms with Gasteiger partial charge in [-0.1, -0.05) is 19.8 Å². The lowest BCUT2D eigenvalue weighted by Crippen LogP contribution is -2.48. The highest BCUT2D eigenvalue weighted by molar-refractivity contribution is 6.21. The maximum Gasteiger partial charge on any atom is 0.251 e. The number of hydrogen-bond donors (Lipinski definition) is 1. The van der Waals surface area contributed by atoms with E-state index in [2.05, 4.69) is 17.2 Å². The number of hydrogen-bond acceptors (Lipinski definition) is 2. The number of nitrogens with one attached hydrogen (secondary N) is 1. The lowest BCUT2D eigenvalue weighted by Gasteiger charge is -2.35. The summed E-state index contributed by atoms with van der Waals surface area (Å²) in [5.74, 6) is -0.509. The van der Waals surface area contributed by atoms with Crippen LogP contribution in [0.25, 0.3) is 0 Å². The fraction of sp³-hybridized carbons (Fsp3) is 0.600. The summed E-state index contributed by atoms with van der Waals surface area (Å²) in [6.07, 6.45) is 6.54. The van der Waals surface area contributed by atoms with E-state index in [9.17, 15) is 9.18 Å². The van der Waals surface area contributed by atoms with Gasteiger partial charge in [0.1, 0.15) is 0 Å². The minimum atomic E-state index is -0.645. The first-order chi connectivity index (χ1) is 9.61. The van der Waals surface area contributed by atoms with Crippen molar-refractivity contribution in [3.05, 3.63) is 29.8 Å². The molecule has 0 radical (unpaired) electrons. The van der Waals surface area contributed by atoms with E-state index in [0.29, 0.717) is 11.5 Å². The number of rotatable bonds is 4. The third-order valence-electron chi connectivity index (χ3n) is 3.90. The zero-order chi connectivity index (χ0) is 14.5. The Kier molecular flexibility index (Phi) is 5.35. The van der Waals surface area contributed by atoms with Crippen molar-refractivity contribution < 1.29 is 9.18 Å². The van der Waals surface area contributed by atoms with E-state index in [4.69, 9.17) is 11.6 Å². The molecule has 0 spiro atoms. The van der Waals surface area contributed by atoms with E-state index in [1.807, 2.05) is 0 Å². The van der Waals surface area contributed by atoms with Gasteiger partial charge in [0.25, 0.3) is 5.91 Å². The van der Waals surface area contributed by atoms with Crippen molar-refractivity contribution in [1.82, 2.24) is 10.3 Å². The quantitative estimate of drug-likeness (QED) is 0.682. The van der Waals surface area contributed by atoms with Gasteiger partial charge in [0.05, 0.1) is 5.38 Å². The summed E-state index contributed by atoms with van der Waals surface area (Å²) in [6.45, 7) is 2.13. The van der Waals surface area contributed by atoms with Gasteiger partial charge >= 0.3 is 0 Å². The first-order valence-corrected chi connectivity index (χ1v) is 7.62. The number of nitrogens with zero attached hydrogens (tertiary/aromatic N) is 1. The van der Waals surface area contributed by atoms with E-state index in [0.717, 1.165) is 38.2 Å². The average Bonchev–Trinajstić information content (AvgIpc) is 2.43. The fourth-order valence-corrected chi connectivity index (χ4v) is 3.33. The molecule has 2 rings (SSSR count). The lowest BCUT2D eigenvalue weighted by molar-refractivity contribution is 0.0904. The summed E-state index contributed by atoms with van der Waals surface area (Å²) >= 11 is 6.37. The molecule has 20 heavy (non-hydrogen) atoms. The topological polar surface area (TPSA) is 42.0 Å². The van der Waals surface area contributed by atoms with E-state index >= 15 is 0 Å². The second kappa shape index (κ2) is 7.02. The highest BCUT2D eigenvalue weighted by Crippen LogP contribution is 2.31. The molecule has 1 fully saturated rings. The Balaban J connectivity index is 2.07. The second-order valence-electron chi connectivity index (χ2n) is 5.36. The highest BCUT2D eigenvalue weighted by atomic mass is 35.5. The van der Waals surface area contributed by atoms with Crippen LogP contribution in [0.3, 0.4) is 0 Å². The summed E-state index contributed by atoms with van der Waals surface area (Å²) in [5.41, 5.74) is 0.294. The van der Waals surface area contributed by atoms with Crippen LogP contribution in [0.4, 0.5) is 4.39 Å². The molecule has 3 nitrogen and oxygen atoms in total. The second-order valence-corrected chi connectivity index (χ2v) is 5.92. The van der Waals surface area contributed by atoms with Crippen molar-refractivity contribution in [3.8, 4) is 0 Å². The SMILES string of the molecule is CCCC1CCCC(Cl)C1NC(=O)c1ccnc(F)c1. The molecule has 5 heteroatoms. The Morgan fingerprint density at radius 1 is 1.55 bits per heavy atom. The highest BCUT2D eigenvalue weighted by Gasteiger charge is 2.32. The molecular weight excluding hydrogens is 279 g/mol. The maximum atomic E-state index is 13.1. The molecule has 0 aromatic carbocycles. The van der Waals surface area contributed by atoms with Crippen LogP contribution in [0.1, 0.15) is 49.4 Å². The number of carbonyl (C=O) groups is 1. The first kappa shape index (κ1) is 15.2. The van der Waals surface area contributed by atoms with Gasteiger partial charge in [-0.3, -0.25) is 4.79 Å². The molecule has 1 amide bonds. The van der Waals surface area contributed by atoms with Crippen LogP contribution in [0, 0.1) is 11.9 Å². The lowest BCUT2D eigenvalue weighted by atomic mass is 9.81. The van der Waals surface area contributed by atoms with Crippen molar-refractivity contribution in [3.63, 3.8) is 0 Å². The molecule has 3 atom stereocenters. The Morgan fingerprint density at radius 2 is 2.35 bits per heavy atom. The molecule has 1 aliphatic rings. The summed E-state index contributed by atoms with van der Waals surface area (Å²) in [4.78, 5) is 15.7. The van der Waals surface area contributed by atoms with Crippen LogP contribution in [0.15, 0.2) is 18.3 Å². The van der Waals surface area contributed by atoms with Gasteiger partial charge < -0.3 is 5.32 Å². The first-order valence-electron chi connectivity index (χ1n) is 7.18. The van der Waals surface area contributed by atoms with Crippen molar-refractivity contribution in [2.45, 2.75) is 50.4 Å². The number of carbonyl (C=O) groups excluding carboxylic acids is 1. The molecule has 1 saturated carbocycles. The molecule has 1 aromatic rings. The van der Waals surface area contributed by atoms with Crippen molar-refractivity contribution in [1.29, 1.82) is 0 Å². The number of amides is 1. The predicted octanol–water partition coefficient (Wildman–Crippen LogP) is 3.53. The average molecular weight is 299 g/mol. The third kappa shape index (κ3) is 3.69. The zero-order valence-corrected chi connectivity index (χ0v) is 12.4. The van der Waals surface area contributed by atoms with Crippen molar-refractivity contribution in [2.75, 3.05) is 0 Å². The van der Waals surface area contributed by atoms with Crippen LogP contribution < -0.4 is 5.32 Å². The van der Waals surface area contributed by atoms with Gasteiger partial charge in [0.2, 0.25) is 5.95 Å². The molecular formula is C15H20ClFN2O. The number of pyridine rings is 1. The maximum absolute atomic E-state index is 13.1. The Labute approximate surface area is 123 Å². The van der Waals surface area contributed by atoms with E-state index in [1.54, 1.807) is 0 Å². The largest absolute Gasteiger partial charge is 0.348 e. The zero-order valence-electron chi connectivity index (χ0n) is 11.6. The number of alkyl halides is 1. The minimum Gasteiger partial charge on any atom is -0.348 e. The minimum absolute atomic E-state index is 0.0332. The third-order valence-corrected chi connectivity index (χ3v) is 4.39. The van der Waals surface area contributed by atoms with Gasteiger partial charge in [-0.25, -0.2) is 4.98 Å². The van der Waals surface area contributed by atoms with E-state index in [-0.39, 0.29) is 17.3 Å². The Morgan fingerprint density at radius 3 is 3.05 bits per heavy atom. The molecule has 1 aliphatic carbocycles. The monoisotopic (exact) mass is 298 g/mol. The van der Waals surface area contributed by atoms with Crippen LogP contribution in [-0.4, -0.2) is 22.3 Å². The van der Waals surface area contributed by atoms with Crippen LogP contribution in [0.5, 0.6) is 0 Å². The van der Waals surface area contributed by atoms with Crippen LogP contribution in [-0.2, 0) is 0 Å². The molecule has 0 saturated heterocycles. The summed E-state index contributed by atoms with van der Waals surface area (Å²) in [6, 6.07) is 2.63. The van der Waals surface area contributed by atoms with Gasteiger partial charge in [-0.2, -0.15) is 4.39 Å². The molecule has 0 bridgehead atoms. The van der Waals surface area contributed by atoms with Gasteiger partial charge in [0, 0.05) is 23.9 Å². The Hall–Kier alpha value is -1.16. The summed E-state index contributed by atoms with van der Waals surface area (Å²) in [5, 5.41) is 2.94. The molecule has 1 heterocycles. The summed E-state index contributed by atoms with van der Waals surface area (Å²) < 4.78 is 13.1. The number of halogens is 2.